The van der Waals surface area contributed by atoms with Gasteiger partial charge < -0.3 is 0 Å². The van der Waals surface area contributed by atoms with Gasteiger partial charge in [-0.3, -0.25) is 4.98 Å². The van der Waals surface area contributed by atoms with Crippen LogP contribution in [0.5, 0.6) is 0 Å². The summed E-state index contributed by atoms with van der Waals surface area (Å²) in [6, 6.07) is 10.2. The summed E-state index contributed by atoms with van der Waals surface area (Å²) >= 11 is 6.15. The summed E-state index contributed by atoms with van der Waals surface area (Å²) in [6.07, 6.45) is 8.16. The second-order valence-electron chi connectivity index (χ2n) is 4.44. The molecule has 0 saturated heterocycles. The van der Waals surface area contributed by atoms with Crippen molar-refractivity contribution in [3.05, 3.63) is 64.4 Å². The van der Waals surface area contributed by atoms with Crippen molar-refractivity contribution in [1.82, 2.24) is 4.98 Å². The van der Waals surface area contributed by atoms with Gasteiger partial charge in [0.15, 0.2) is 0 Å². The number of pyridine rings is 1. The lowest BCUT2D eigenvalue weighted by molar-refractivity contribution is 0.808. The first-order valence-electron chi connectivity index (χ1n) is 6.46. The third-order valence-electron chi connectivity index (χ3n) is 3.24. The lowest BCUT2D eigenvalue weighted by atomic mass is 10.0. The average Bonchev–Trinajstić information content (AvgIpc) is 2.41. The molecule has 1 aromatic heterocycles. The van der Waals surface area contributed by atoms with Gasteiger partial charge in [-0.25, -0.2) is 0 Å². The molecular formula is C16H18ClN. The van der Waals surface area contributed by atoms with Crippen LogP contribution in [-0.4, -0.2) is 4.98 Å². The van der Waals surface area contributed by atoms with Gasteiger partial charge in [0.1, 0.15) is 0 Å². The Hall–Kier alpha value is -1.34. The largest absolute Gasteiger partial charge is 0.264 e. The summed E-state index contributed by atoms with van der Waals surface area (Å²) in [6.45, 7) is 2.18. The molecule has 94 valence electrons. The number of aryl methyl sites for hydroxylation is 3. The van der Waals surface area contributed by atoms with E-state index in [2.05, 4.69) is 24.0 Å². The first-order chi connectivity index (χ1) is 8.81. The zero-order valence-corrected chi connectivity index (χ0v) is 11.5. The van der Waals surface area contributed by atoms with Crippen molar-refractivity contribution in [3.63, 3.8) is 0 Å². The monoisotopic (exact) mass is 259 g/mol. The average molecular weight is 260 g/mol. The Labute approximate surface area is 114 Å². The number of benzene rings is 1. The van der Waals surface area contributed by atoms with Crippen LogP contribution in [0.4, 0.5) is 0 Å². The number of nitrogens with zero attached hydrogens (tertiary/aromatic N) is 1. The number of hydrogen-bond donors (Lipinski definition) is 0. The maximum Gasteiger partial charge on any atom is 0.0437 e. The van der Waals surface area contributed by atoms with Crippen molar-refractivity contribution in [3.8, 4) is 0 Å². The maximum atomic E-state index is 6.15. The number of hydrogen-bond acceptors (Lipinski definition) is 1. The number of aromatic nitrogens is 1. The normalized spacial score (nSPS) is 10.6. The molecule has 0 aliphatic carbocycles. The highest BCUT2D eigenvalue weighted by Gasteiger charge is 2.02. The van der Waals surface area contributed by atoms with Gasteiger partial charge in [0, 0.05) is 17.4 Å². The van der Waals surface area contributed by atoms with Crippen molar-refractivity contribution in [2.24, 2.45) is 0 Å². The van der Waals surface area contributed by atoms with Crippen LogP contribution in [0.2, 0.25) is 5.02 Å². The summed E-state index contributed by atoms with van der Waals surface area (Å²) in [5.41, 5.74) is 4.02. The lowest BCUT2D eigenvalue weighted by Crippen LogP contribution is -1.96. The molecule has 0 spiro atoms. The smallest absolute Gasteiger partial charge is 0.0437 e. The lowest BCUT2D eigenvalue weighted by Gasteiger charge is -2.07. The van der Waals surface area contributed by atoms with E-state index in [1.165, 1.54) is 16.7 Å². The summed E-state index contributed by atoms with van der Waals surface area (Å²) in [4.78, 5) is 4.18. The van der Waals surface area contributed by atoms with Crippen LogP contribution < -0.4 is 0 Å². The zero-order valence-electron chi connectivity index (χ0n) is 10.7. The van der Waals surface area contributed by atoms with Gasteiger partial charge in [-0.05, 0) is 54.5 Å². The van der Waals surface area contributed by atoms with Crippen LogP contribution in [0.1, 0.15) is 30.0 Å². The minimum atomic E-state index is 0.878. The molecule has 0 aliphatic rings. The summed E-state index contributed by atoms with van der Waals surface area (Å²) < 4.78 is 0. The first-order valence-corrected chi connectivity index (χ1v) is 6.84. The fourth-order valence-electron chi connectivity index (χ4n) is 2.19. The van der Waals surface area contributed by atoms with Gasteiger partial charge in [-0.2, -0.15) is 0 Å². The first kappa shape index (κ1) is 13.1. The quantitative estimate of drug-likeness (QED) is 0.772. The van der Waals surface area contributed by atoms with Crippen LogP contribution in [0.3, 0.4) is 0 Å². The van der Waals surface area contributed by atoms with Crippen LogP contribution in [-0.2, 0) is 19.3 Å². The third-order valence-corrected chi connectivity index (χ3v) is 3.60. The molecule has 1 heterocycles. The second-order valence-corrected chi connectivity index (χ2v) is 4.85. The van der Waals surface area contributed by atoms with E-state index < -0.39 is 0 Å². The van der Waals surface area contributed by atoms with Gasteiger partial charge >= 0.3 is 0 Å². The van der Waals surface area contributed by atoms with Gasteiger partial charge in [0.05, 0.1) is 0 Å². The van der Waals surface area contributed by atoms with E-state index in [1.807, 2.05) is 30.6 Å². The van der Waals surface area contributed by atoms with Crippen LogP contribution in [0.25, 0.3) is 0 Å². The minimum absolute atomic E-state index is 0.878. The van der Waals surface area contributed by atoms with Gasteiger partial charge in [-0.15, -0.1) is 0 Å². The summed E-state index contributed by atoms with van der Waals surface area (Å²) in [7, 11) is 0. The standard InChI is InChI=1S/C16H18ClN/c1-2-13-12-18-11-10-14(13)7-5-8-15-6-3-4-9-16(15)17/h3-4,6,9-12H,2,5,7-8H2,1H3. The van der Waals surface area contributed by atoms with E-state index >= 15 is 0 Å². The van der Waals surface area contributed by atoms with E-state index in [9.17, 15) is 0 Å². The van der Waals surface area contributed by atoms with Crippen LogP contribution in [0, 0.1) is 0 Å². The van der Waals surface area contributed by atoms with E-state index in [-0.39, 0.29) is 0 Å². The molecular weight excluding hydrogens is 242 g/mol. The molecule has 1 aromatic carbocycles. The molecule has 0 amide bonds. The molecule has 1 nitrogen and oxygen atoms in total. The molecule has 0 bridgehead atoms. The maximum absolute atomic E-state index is 6.15. The number of halogens is 1. The van der Waals surface area contributed by atoms with Crippen molar-refractivity contribution < 1.29 is 0 Å². The highest BCUT2D eigenvalue weighted by molar-refractivity contribution is 6.31. The number of rotatable bonds is 5. The van der Waals surface area contributed by atoms with E-state index in [1.54, 1.807) is 0 Å². The Morgan fingerprint density at radius 1 is 1.00 bits per heavy atom. The topological polar surface area (TPSA) is 12.9 Å². The molecule has 0 radical (unpaired) electrons. The highest BCUT2D eigenvalue weighted by Crippen LogP contribution is 2.18. The molecule has 2 aromatic rings. The summed E-state index contributed by atoms with van der Waals surface area (Å²) in [5, 5.41) is 0.878. The molecule has 0 saturated carbocycles. The minimum Gasteiger partial charge on any atom is -0.264 e. The predicted octanol–water partition coefficient (Wildman–Crippen LogP) is 4.47. The molecule has 0 atom stereocenters. The Morgan fingerprint density at radius 2 is 1.78 bits per heavy atom. The highest BCUT2D eigenvalue weighted by atomic mass is 35.5. The molecule has 0 N–H and O–H groups in total. The van der Waals surface area contributed by atoms with Crippen molar-refractivity contribution in [1.29, 1.82) is 0 Å². The third kappa shape index (κ3) is 3.33. The van der Waals surface area contributed by atoms with Crippen molar-refractivity contribution in [2.45, 2.75) is 32.6 Å². The molecule has 18 heavy (non-hydrogen) atoms. The Bertz CT molecular complexity index is 508. The van der Waals surface area contributed by atoms with Crippen LogP contribution in [0.15, 0.2) is 42.7 Å². The molecule has 0 aliphatic heterocycles. The van der Waals surface area contributed by atoms with Gasteiger partial charge in [0.25, 0.3) is 0 Å². The Balaban J connectivity index is 1.95. The van der Waals surface area contributed by atoms with E-state index in [4.69, 9.17) is 11.6 Å². The molecule has 0 unspecified atom stereocenters. The Morgan fingerprint density at radius 3 is 2.56 bits per heavy atom. The fraction of sp³-hybridized carbons (Fsp3) is 0.312. The van der Waals surface area contributed by atoms with E-state index in [0.717, 1.165) is 30.7 Å². The Kier molecular flexibility index (Phi) is 4.77. The molecule has 2 rings (SSSR count). The van der Waals surface area contributed by atoms with Gasteiger partial charge in [0.2, 0.25) is 0 Å². The fourth-order valence-corrected chi connectivity index (χ4v) is 2.42. The van der Waals surface area contributed by atoms with Crippen molar-refractivity contribution in [2.75, 3.05) is 0 Å². The zero-order chi connectivity index (χ0) is 12.8. The van der Waals surface area contributed by atoms with Crippen molar-refractivity contribution >= 4 is 11.6 Å². The van der Waals surface area contributed by atoms with Gasteiger partial charge in [-0.1, -0.05) is 36.7 Å². The summed E-state index contributed by atoms with van der Waals surface area (Å²) in [5.74, 6) is 0. The van der Waals surface area contributed by atoms with Crippen LogP contribution >= 0.6 is 11.6 Å². The molecule has 0 fully saturated rings. The predicted molar refractivity (Wildman–Crippen MR) is 77.1 cm³/mol. The molecule has 2 heteroatoms. The SMILES string of the molecule is CCc1cnccc1CCCc1ccccc1Cl. The second kappa shape index (κ2) is 6.55. The van der Waals surface area contributed by atoms with E-state index in [0.29, 0.717) is 0 Å².